The zero-order valence-electron chi connectivity index (χ0n) is 13.9. The van der Waals surface area contributed by atoms with Gasteiger partial charge in [0.05, 0.1) is 6.04 Å². The van der Waals surface area contributed by atoms with Gasteiger partial charge in [-0.05, 0) is 55.2 Å². The van der Waals surface area contributed by atoms with E-state index in [1.54, 1.807) is 24.7 Å². The van der Waals surface area contributed by atoms with E-state index in [9.17, 15) is 5.11 Å². The first-order chi connectivity index (χ1) is 12.3. The molecule has 1 fully saturated rings. The van der Waals surface area contributed by atoms with E-state index in [2.05, 4.69) is 20.9 Å². The van der Waals surface area contributed by atoms with E-state index in [1.165, 1.54) is 12.0 Å². The summed E-state index contributed by atoms with van der Waals surface area (Å²) < 4.78 is 0. The molecule has 4 rings (SSSR count). The summed E-state index contributed by atoms with van der Waals surface area (Å²) in [6.45, 7) is 0.948. The Balaban J connectivity index is 1.73. The van der Waals surface area contributed by atoms with Crippen molar-refractivity contribution < 1.29 is 5.11 Å². The highest BCUT2D eigenvalue weighted by Gasteiger charge is 2.26. The van der Waals surface area contributed by atoms with Gasteiger partial charge in [-0.1, -0.05) is 6.07 Å². The zero-order chi connectivity index (χ0) is 17.1. The van der Waals surface area contributed by atoms with Crippen LogP contribution in [0.5, 0.6) is 5.75 Å². The Morgan fingerprint density at radius 2 is 1.80 bits per heavy atom. The molecule has 0 unspecified atom stereocenters. The van der Waals surface area contributed by atoms with E-state index in [-0.39, 0.29) is 11.8 Å². The van der Waals surface area contributed by atoms with Gasteiger partial charge < -0.3 is 10.0 Å². The second-order valence-electron chi connectivity index (χ2n) is 6.27. The Morgan fingerprint density at radius 1 is 0.960 bits per heavy atom. The van der Waals surface area contributed by atoms with E-state index in [4.69, 9.17) is 4.98 Å². The lowest BCUT2D eigenvalue weighted by atomic mass is 9.96. The average Bonchev–Trinajstić information content (AvgIpc) is 2.70. The number of hydrogen-bond acceptors (Lipinski definition) is 5. The highest BCUT2D eigenvalue weighted by molar-refractivity contribution is 5.67. The fraction of sp³-hybridized carbons (Fsp3) is 0.250. The Morgan fingerprint density at radius 3 is 2.56 bits per heavy atom. The highest BCUT2D eigenvalue weighted by atomic mass is 16.3. The topological polar surface area (TPSA) is 62.1 Å². The fourth-order valence-electron chi connectivity index (χ4n) is 3.44. The molecule has 5 nitrogen and oxygen atoms in total. The molecular weight excluding hydrogens is 312 g/mol. The number of anilines is 1. The van der Waals surface area contributed by atoms with Crippen LogP contribution in [-0.2, 0) is 0 Å². The number of pyridine rings is 3. The highest BCUT2D eigenvalue weighted by Crippen LogP contribution is 2.36. The summed E-state index contributed by atoms with van der Waals surface area (Å²) in [4.78, 5) is 15.5. The lowest BCUT2D eigenvalue weighted by molar-refractivity contribution is 0.463. The van der Waals surface area contributed by atoms with Crippen molar-refractivity contribution in [2.24, 2.45) is 0 Å². The minimum atomic E-state index is 0.173. The van der Waals surface area contributed by atoms with E-state index < -0.39 is 0 Å². The molecule has 5 heteroatoms. The molecule has 4 heterocycles. The van der Waals surface area contributed by atoms with Crippen molar-refractivity contribution >= 4 is 5.82 Å². The molecule has 0 aromatic carbocycles. The van der Waals surface area contributed by atoms with Crippen LogP contribution in [0.1, 0.15) is 30.9 Å². The maximum atomic E-state index is 10.3. The number of piperidine rings is 1. The number of rotatable bonds is 3. The van der Waals surface area contributed by atoms with Crippen LogP contribution in [0.25, 0.3) is 11.3 Å². The number of hydrogen-bond donors (Lipinski definition) is 1. The van der Waals surface area contributed by atoms with E-state index in [0.717, 1.165) is 30.8 Å². The molecule has 3 aromatic rings. The van der Waals surface area contributed by atoms with E-state index >= 15 is 0 Å². The van der Waals surface area contributed by atoms with Crippen molar-refractivity contribution in [1.82, 2.24) is 15.0 Å². The number of aromatic nitrogens is 3. The Hall–Kier alpha value is -2.95. The lowest BCUT2D eigenvalue weighted by Gasteiger charge is -2.37. The third kappa shape index (κ3) is 3.18. The van der Waals surface area contributed by atoms with Crippen molar-refractivity contribution in [3.63, 3.8) is 0 Å². The second-order valence-corrected chi connectivity index (χ2v) is 6.27. The maximum absolute atomic E-state index is 10.3. The zero-order valence-corrected chi connectivity index (χ0v) is 13.9. The van der Waals surface area contributed by atoms with E-state index in [1.807, 2.05) is 30.5 Å². The first kappa shape index (κ1) is 15.6. The molecule has 1 saturated heterocycles. The van der Waals surface area contributed by atoms with Crippen molar-refractivity contribution in [3.8, 4) is 17.0 Å². The van der Waals surface area contributed by atoms with Crippen LogP contribution >= 0.6 is 0 Å². The Kier molecular flexibility index (Phi) is 4.29. The van der Waals surface area contributed by atoms with Gasteiger partial charge in [0.15, 0.2) is 0 Å². The van der Waals surface area contributed by atoms with Gasteiger partial charge in [-0.2, -0.15) is 0 Å². The molecule has 0 amide bonds. The molecule has 0 bridgehead atoms. The fourth-order valence-corrected chi connectivity index (χ4v) is 3.44. The summed E-state index contributed by atoms with van der Waals surface area (Å²) in [6.07, 6.45) is 10.6. The average molecular weight is 332 g/mol. The molecule has 1 N–H and O–H groups in total. The van der Waals surface area contributed by atoms with Crippen LogP contribution in [-0.4, -0.2) is 26.6 Å². The molecule has 25 heavy (non-hydrogen) atoms. The van der Waals surface area contributed by atoms with Gasteiger partial charge in [0.1, 0.15) is 17.3 Å². The van der Waals surface area contributed by atoms with Crippen molar-refractivity contribution in [2.45, 2.75) is 25.3 Å². The summed E-state index contributed by atoms with van der Waals surface area (Å²) in [5.74, 6) is 1.05. The third-order valence-corrected chi connectivity index (χ3v) is 4.66. The van der Waals surface area contributed by atoms with Gasteiger partial charge in [0.2, 0.25) is 0 Å². The molecule has 0 saturated carbocycles. The van der Waals surface area contributed by atoms with E-state index in [0.29, 0.717) is 5.69 Å². The van der Waals surface area contributed by atoms with Crippen molar-refractivity contribution in [2.75, 3.05) is 11.4 Å². The van der Waals surface area contributed by atoms with Crippen LogP contribution in [0.3, 0.4) is 0 Å². The van der Waals surface area contributed by atoms with Crippen LogP contribution in [0.15, 0.2) is 61.2 Å². The molecule has 3 aromatic heterocycles. The third-order valence-electron chi connectivity index (χ3n) is 4.66. The van der Waals surface area contributed by atoms with Gasteiger partial charge in [0.25, 0.3) is 0 Å². The SMILES string of the molecule is Oc1ccc(N2CCCC[C@@H]2c2cccnc2)nc1-c1cccnc1. The first-order valence-electron chi connectivity index (χ1n) is 8.60. The van der Waals surface area contributed by atoms with Crippen molar-refractivity contribution in [3.05, 3.63) is 66.7 Å². The molecule has 1 atom stereocenters. The standard InChI is InChI=1S/C20H20N4O/c25-18-8-9-19(23-20(18)16-6-4-11-22-14-16)24-12-2-1-7-17(24)15-5-3-10-21-13-15/h3-6,8-11,13-14,17,25H,1-2,7,12H2/t17-/m1/s1. The van der Waals surface area contributed by atoms with Gasteiger partial charge in [-0.3, -0.25) is 9.97 Å². The Labute approximate surface area is 147 Å². The van der Waals surface area contributed by atoms with Gasteiger partial charge in [-0.15, -0.1) is 0 Å². The predicted octanol–water partition coefficient (Wildman–Crippen LogP) is 3.98. The summed E-state index contributed by atoms with van der Waals surface area (Å²) in [6, 6.07) is 11.7. The predicted molar refractivity (Wildman–Crippen MR) is 97.3 cm³/mol. The van der Waals surface area contributed by atoms with Crippen LogP contribution < -0.4 is 4.90 Å². The number of nitrogens with zero attached hydrogens (tertiary/aromatic N) is 4. The quantitative estimate of drug-likeness (QED) is 0.786. The smallest absolute Gasteiger partial charge is 0.142 e. The van der Waals surface area contributed by atoms with Gasteiger partial charge in [-0.25, -0.2) is 4.98 Å². The van der Waals surface area contributed by atoms with Crippen LogP contribution in [0, 0.1) is 0 Å². The molecule has 1 aliphatic heterocycles. The van der Waals surface area contributed by atoms with Gasteiger partial charge >= 0.3 is 0 Å². The minimum Gasteiger partial charge on any atom is -0.506 e. The Bertz CT molecular complexity index is 839. The molecule has 126 valence electrons. The van der Waals surface area contributed by atoms with Gasteiger partial charge in [0, 0.05) is 36.9 Å². The first-order valence-corrected chi connectivity index (χ1v) is 8.60. The van der Waals surface area contributed by atoms with Crippen LogP contribution in [0.4, 0.5) is 5.82 Å². The summed E-state index contributed by atoms with van der Waals surface area (Å²) in [5, 5.41) is 10.3. The normalized spacial score (nSPS) is 17.4. The second kappa shape index (κ2) is 6.89. The number of aromatic hydroxyl groups is 1. The summed E-state index contributed by atoms with van der Waals surface area (Å²) in [5.41, 5.74) is 2.60. The van der Waals surface area contributed by atoms with Crippen LogP contribution in [0.2, 0.25) is 0 Å². The molecule has 0 spiro atoms. The lowest BCUT2D eigenvalue weighted by Crippen LogP contribution is -2.34. The maximum Gasteiger partial charge on any atom is 0.142 e. The summed E-state index contributed by atoms with van der Waals surface area (Å²) >= 11 is 0. The molecule has 0 aliphatic carbocycles. The largest absolute Gasteiger partial charge is 0.506 e. The molecule has 1 aliphatic rings. The summed E-state index contributed by atoms with van der Waals surface area (Å²) in [7, 11) is 0. The molecular formula is C20H20N4O. The van der Waals surface area contributed by atoms with Crippen molar-refractivity contribution in [1.29, 1.82) is 0 Å². The molecule has 0 radical (unpaired) electrons. The minimum absolute atomic E-state index is 0.173. The monoisotopic (exact) mass is 332 g/mol.